The summed E-state index contributed by atoms with van der Waals surface area (Å²) in [7, 11) is 0. The summed E-state index contributed by atoms with van der Waals surface area (Å²) in [5, 5.41) is 21.3. The van der Waals surface area contributed by atoms with E-state index in [1.807, 2.05) is 6.07 Å². The number of rotatable bonds is 5. The quantitative estimate of drug-likeness (QED) is 0.818. The molecular weight excluding hydrogens is 331 g/mol. The zero-order chi connectivity index (χ0) is 17.5. The van der Waals surface area contributed by atoms with Crippen LogP contribution in [0.3, 0.4) is 0 Å². The second kappa shape index (κ2) is 8.25. The van der Waals surface area contributed by atoms with Crippen molar-refractivity contribution in [1.29, 1.82) is 5.26 Å². The van der Waals surface area contributed by atoms with Crippen molar-refractivity contribution >= 4 is 23.6 Å². The third-order valence-corrected chi connectivity index (χ3v) is 3.55. The number of halogens is 2. The summed E-state index contributed by atoms with van der Waals surface area (Å²) in [4.78, 5) is 11.8. The summed E-state index contributed by atoms with van der Waals surface area (Å²) < 4.78 is 13.3. The van der Waals surface area contributed by atoms with Crippen LogP contribution >= 0.6 is 11.6 Å². The summed E-state index contributed by atoms with van der Waals surface area (Å²) in [6.45, 7) is -0.0670. The molecule has 1 atom stereocenters. The first-order chi connectivity index (χ1) is 11.5. The van der Waals surface area contributed by atoms with Crippen LogP contribution in [0, 0.1) is 17.1 Å². The number of aliphatic hydroxyl groups is 1. The molecule has 0 radical (unpaired) electrons. The molecule has 2 rings (SSSR count). The molecular formula is C18H14ClFN2O2. The fourth-order valence-corrected chi connectivity index (χ4v) is 2.10. The van der Waals surface area contributed by atoms with Gasteiger partial charge in [-0.25, -0.2) is 4.39 Å². The van der Waals surface area contributed by atoms with Crippen molar-refractivity contribution in [3.05, 3.63) is 76.1 Å². The van der Waals surface area contributed by atoms with Gasteiger partial charge in [-0.1, -0.05) is 29.8 Å². The van der Waals surface area contributed by atoms with Crippen LogP contribution in [0.2, 0.25) is 5.02 Å². The van der Waals surface area contributed by atoms with Gasteiger partial charge in [-0.05, 0) is 41.5 Å². The van der Waals surface area contributed by atoms with Crippen LogP contribution in [0.25, 0.3) is 6.08 Å². The molecule has 0 saturated heterocycles. The lowest BCUT2D eigenvalue weighted by molar-refractivity contribution is -0.116. The molecule has 0 aromatic heterocycles. The number of amides is 1. The van der Waals surface area contributed by atoms with Gasteiger partial charge in [0.1, 0.15) is 5.82 Å². The van der Waals surface area contributed by atoms with Gasteiger partial charge in [0.2, 0.25) is 5.91 Å². The lowest BCUT2D eigenvalue weighted by Gasteiger charge is -2.11. The predicted molar refractivity (Wildman–Crippen MR) is 89.6 cm³/mol. The normalized spacial score (nSPS) is 11.9. The Morgan fingerprint density at radius 2 is 2.17 bits per heavy atom. The van der Waals surface area contributed by atoms with E-state index in [0.717, 1.165) is 6.07 Å². The van der Waals surface area contributed by atoms with Crippen LogP contribution in [0.15, 0.2) is 48.5 Å². The number of nitrogens with zero attached hydrogens (tertiary/aromatic N) is 1. The van der Waals surface area contributed by atoms with E-state index in [-0.39, 0.29) is 11.6 Å². The minimum atomic E-state index is -1.05. The van der Waals surface area contributed by atoms with Gasteiger partial charge in [0.25, 0.3) is 0 Å². The van der Waals surface area contributed by atoms with Gasteiger partial charge < -0.3 is 10.4 Å². The van der Waals surface area contributed by atoms with E-state index in [9.17, 15) is 14.3 Å². The van der Waals surface area contributed by atoms with Crippen molar-refractivity contribution in [3.63, 3.8) is 0 Å². The smallest absolute Gasteiger partial charge is 0.244 e. The summed E-state index contributed by atoms with van der Waals surface area (Å²) in [6, 6.07) is 12.8. The number of aliphatic hydroxyl groups excluding tert-OH is 1. The molecule has 6 heteroatoms. The first kappa shape index (κ1) is 17.7. The van der Waals surface area contributed by atoms with Gasteiger partial charge in [-0.15, -0.1) is 0 Å². The van der Waals surface area contributed by atoms with E-state index >= 15 is 0 Å². The van der Waals surface area contributed by atoms with Crippen LogP contribution in [-0.4, -0.2) is 17.6 Å². The van der Waals surface area contributed by atoms with Crippen LogP contribution in [-0.2, 0) is 4.79 Å². The van der Waals surface area contributed by atoms with Crippen molar-refractivity contribution in [2.75, 3.05) is 6.54 Å². The second-order valence-corrected chi connectivity index (χ2v) is 5.41. The Morgan fingerprint density at radius 3 is 2.88 bits per heavy atom. The molecule has 24 heavy (non-hydrogen) atoms. The van der Waals surface area contributed by atoms with Crippen molar-refractivity contribution in [2.24, 2.45) is 0 Å². The minimum absolute atomic E-state index is 0.0301. The van der Waals surface area contributed by atoms with E-state index in [0.29, 0.717) is 16.7 Å². The average molecular weight is 345 g/mol. The maximum atomic E-state index is 13.3. The number of hydrogen-bond donors (Lipinski definition) is 2. The van der Waals surface area contributed by atoms with Crippen molar-refractivity contribution in [2.45, 2.75) is 6.10 Å². The predicted octanol–water partition coefficient (Wildman–Crippen LogP) is 3.21. The lowest BCUT2D eigenvalue weighted by atomic mass is 10.1. The maximum Gasteiger partial charge on any atom is 0.244 e. The first-order valence-electron chi connectivity index (χ1n) is 7.08. The standard InChI is InChI=1S/C18H14ClFN2O2/c19-15-6-5-14(9-16(15)20)17(23)11-22-18(24)7-4-12-2-1-3-13(8-12)10-21/h1-9,17,23H,11H2,(H,22,24)/b7-4+. The maximum absolute atomic E-state index is 13.3. The molecule has 4 nitrogen and oxygen atoms in total. The van der Waals surface area contributed by atoms with E-state index in [1.165, 1.54) is 18.2 Å². The zero-order valence-corrected chi connectivity index (χ0v) is 13.3. The first-order valence-corrected chi connectivity index (χ1v) is 7.46. The van der Waals surface area contributed by atoms with Crippen molar-refractivity contribution < 1.29 is 14.3 Å². The summed E-state index contributed by atoms with van der Waals surface area (Å²) in [5.41, 5.74) is 1.53. The number of carbonyl (C=O) groups is 1. The Hall–Kier alpha value is -2.68. The third-order valence-electron chi connectivity index (χ3n) is 3.24. The lowest BCUT2D eigenvalue weighted by Crippen LogP contribution is -2.26. The van der Waals surface area contributed by atoms with Crippen LogP contribution < -0.4 is 5.32 Å². The number of nitriles is 1. The van der Waals surface area contributed by atoms with Crippen molar-refractivity contribution in [1.82, 2.24) is 5.32 Å². The highest BCUT2D eigenvalue weighted by Crippen LogP contribution is 2.19. The van der Waals surface area contributed by atoms with Gasteiger partial charge in [0.15, 0.2) is 0 Å². The van der Waals surface area contributed by atoms with Crippen LogP contribution in [0.4, 0.5) is 4.39 Å². The Kier molecular flexibility index (Phi) is 6.07. The van der Waals surface area contributed by atoms with Gasteiger partial charge in [0.05, 0.1) is 22.8 Å². The molecule has 0 bridgehead atoms. The SMILES string of the molecule is N#Cc1cccc(/C=C/C(=O)NCC(O)c2ccc(Cl)c(F)c2)c1. The molecule has 0 saturated carbocycles. The van der Waals surface area contributed by atoms with E-state index < -0.39 is 17.8 Å². The fourth-order valence-electron chi connectivity index (χ4n) is 1.98. The van der Waals surface area contributed by atoms with E-state index in [4.69, 9.17) is 16.9 Å². The molecule has 2 aromatic carbocycles. The fraction of sp³-hybridized carbons (Fsp3) is 0.111. The van der Waals surface area contributed by atoms with Crippen LogP contribution in [0.1, 0.15) is 22.8 Å². The molecule has 2 N–H and O–H groups in total. The minimum Gasteiger partial charge on any atom is -0.387 e. The van der Waals surface area contributed by atoms with Gasteiger partial charge in [-0.3, -0.25) is 4.79 Å². The van der Waals surface area contributed by atoms with Crippen LogP contribution in [0.5, 0.6) is 0 Å². The topological polar surface area (TPSA) is 73.1 Å². The number of nitrogens with one attached hydrogen (secondary N) is 1. The zero-order valence-electron chi connectivity index (χ0n) is 12.5. The van der Waals surface area contributed by atoms with Gasteiger partial charge in [0, 0.05) is 12.6 Å². The number of carbonyl (C=O) groups excluding carboxylic acids is 1. The number of benzene rings is 2. The second-order valence-electron chi connectivity index (χ2n) is 5.01. The monoisotopic (exact) mass is 344 g/mol. The molecule has 0 aliphatic heterocycles. The molecule has 0 aliphatic rings. The Morgan fingerprint density at radius 1 is 1.38 bits per heavy atom. The Bertz CT molecular complexity index is 815. The third kappa shape index (κ3) is 4.92. The molecule has 122 valence electrons. The van der Waals surface area contributed by atoms with Gasteiger partial charge >= 0.3 is 0 Å². The highest BCUT2D eigenvalue weighted by Gasteiger charge is 2.10. The molecule has 0 spiro atoms. The molecule has 0 aliphatic carbocycles. The van der Waals surface area contributed by atoms with Gasteiger partial charge in [-0.2, -0.15) is 5.26 Å². The Balaban J connectivity index is 1.91. The summed E-state index contributed by atoms with van der Waals surface area (Å²) in [5.74, 6) is -1.04. The molecule has 1 unspecified atom stereocenters. The molecule has 0 fully saturated rings. The van der Waals surface area contributed by atoms with E-state index in [1.54, 1.807) is 30.3 Å². The Labute approximate surface area is 143 Å². The number of hydrogen-bond acceptors (Lipinski definition) is 3. The largest absolute Gasteiger partial charge is 0.387 e. The summed E-state index contributed by atoms with van der Waals surface area (Å²) >= 11 is 5.58. The highest BCUT2D eigenvalue weighted by atomic mass is 35.5. The molecule has 0 heterocycles. The average Bonchev–Trinajstić information content (AvgIpc) is 2.60. The molecule has 2 aromatic rings. The summed E-state index contributed by atoms with van der Waals surface area (Å²) in [6.07, 6.45) is 1.81. The van der Waals surface area contributed by atoms with Crippen molar-refractivity contribution in [3.8, 4) is 6.07 Å². The highest BCUT2D eigenvalue weighted by molar-refractivity contribution is 6.30. The van der Waals surface area contributed by atoms with E-state index in [2.05, 4.69) is 5.32 Å². The molecule has 1 amide bonds.